The molecule has 3 aromatic rings. The third-order valence-electron chi connectivity index (χ3n) is 2.91. The molecular weight excluding hydrogens is 238 g/mol. The van der Waals surface area contributed by atoms with E-state index in [9.17, 15) is 4.79 Å². The van der Waals surface area contributed by atoms with Gasteiger partial charge in [0.05, 0.1) is 11.1 Å². The van der Waals surface area contributed by atoms with Crippen LogP contribution in [0.25, 0.3) is 10.9 Å². The number of nitrogens with zero attached hydrogens (tertiary/aromatic N) is 2. The predicted octanol–water partition coefficient (Wildman–Crippen LogP) is 2.44. The van der Waals surface area contributed by atoms with Gasteiger partial charge in [0.15, 0.2) is 0 Å². The quantitative estimate of drug-likeness (QED) is 0.708. The van der Waals surface area contributed by atoms with Gasteiger partial charge in [-0.25, -0.2) is 9.97 Å². The maximum atomic E-state index is 12.3. The lowest BCUT2D eigenvalue weighted by atomic mass is 10.1. The SMILES string of the molecule is Nc1ncccc1C(=O)c1ccc2ccccc2n1. The summed E-state index contributed by atoms with van der Waals surface area (Å²) in [6, 6.07) is 14.6. The van der Waals surface area contributed by atoms with Crippen LogP contribution in [0.4, 0.5) is 5.82 Å². The topological polar surface area (TPSA) is 68.9 Å². The number of ketones is 1. The van der Waals surface area contributed by atoms with Crippen LogP contribution in [0, 0.1) is 0 Å². The van der Waals surface area contributed by atoms with Crippen molar-refractivity contribution in [1.29, 1.82) is 0 Å². The van der Waals surface area contributed by atoms with E-state index in [2.05, 4.69) is 9.97 Å². The van der Waals surface area contributed by atoms with Crippen molar-refractivity contribution in [1.82, 2.24) is 9.97 Å². The van der Waals surface area contributed by atoms with Gasteiger partial charge < -0.3 is 5.73 Å². The molecule has 0 fully saturated rings. The van der Waals surface area contributed by atoms with Gasteiger partial charge in [0.25, 0.3) is 0 Å². The summed E-state index contributed by atoms with van der Waals surface area (Å²) in [6.07, 6.45) is 1.56. The van der Waals surface area contributed by atoms with Crippen molar-refractivity contribution in [3.8, 4) is 0 Å². The van der Waals surface area contributed by atoms with E-state index >= 15 is 0 Å². The molecule has 19 heavy (non-hydrogen) atoms. The van der Waals surface area contributed by atoms with E-state index in [1.807, 2.05) is 30.3 Å². The van der Waals surface area contributed by atoms with Gasteiger partial charge in [-0.3, -0.25) is 4.79 Å². The van der Waals surface area contributed by atoms with Crippen molar-refractivity contribution in [2.75, 3.05) is 5.73 Å². The second kappa shape index (κ2) is 4.49. The lowest BCUT2D eigenvalue weighted by Crippen LogP contribution is -2.08. The van der Waals surface area contributed by atoms with Crippen LogP contribution in [-0.2, 0) is 0 Å². The van der Waals surface area contributed by atoms with Gasteiger partial charge >= 0.3 is 0 Å². The van der Waals surface area contributed by atoms with Crippen LogP contribution < -0.4 is 5.73 Å². The minimum Gasteiger partial charge on any atom is -0.383 e. The fourth-order valence-electron chi connectivity index (χ4n) is 1.94. The molecule has 0 saturated heterocycles. The molecule has 3 rings (SSSR count). The van der Waals surface area contributed by atoms with E-state index in [4.69, 9.17) is 5.73 Å². The van der Waals surface area contributed by atoms with Gasteiger partial charge in [-0.05, 0) is 24.3 Å². The maximum Gasteiger partial charge on any atom is 0.215 e. The van der Waals surface area contributed by atoms with E-state index in [0.717, 1.165) is 10.9 Å². The summed E-state index contributed by atoms with van der Waals surface area (Å²) >= 11 is 0. The number of anilines is 1. The van der Waals surface area contributed by atoms with Crippen molar-refractivity contribution < 1.29 is 4.79 Å². The maximum absolute atomic E-state index is 12.3. The number of carbonyl (C=O) groups is 1. The lowest BCUT2D eigenvalue weighted by molar-refractivity contribution is 0.103. The van der Waals surface area contributed by atoms with Crippen molar-refractivity contribution in [3.05, 3.63) is 66.0 Å². The minimum absolute atomic E-state index is 0.212. The summed E-state index contributed by atoms with van der Waals surface area (Å²) in [6.45, 7) is 0. The van der Waals surface area contributed by atoms with Crippen LogP contribution >= 0.6 is 0 Å². The molecule has 0 aliphatic heterocycles. The number of hydrogen-bond acceptors (Lipinski definition) is 4. The smallest absolute Gasteiger partial charge is 0.215 e. The van der Waals surface area contributed by atoms with E-state index in [1.54, 1.807) is 24.4 Å². The minimum atomic E-state index is -0.212. The van der Waals surface area contributed by atoms with Crippen molar-refractivity contribution in [2.45, 2.75) is 0 Å². The monoisotopic (exact) mass is 249 g/mol. The predicted molar refractivity (Wildman–Crippen MR) is 73.8 cm³/mol. The zero-order valence-electron chi connectivity index (χ0n) is 10.1. The molecule has 2 heterocycles. The molecule has 0 bridgehead atoms. The first kappa shape index (κ1) is 11.3. The van der Waals surface area contributed by atoms with E-state index in [0.29, 0.717) is 11.3 Å². The summed E-state index contributed by atoms with van der Waals surface area (Å²) in [5.41, 5.74) is 7.25. The molecule has 2 aromatic heterocycles. The van der Waals surface area contributed by atoms with Crippen LogP contribution in [0.1, 0.15) is 16.1 Å². The Kier molecular flexibility index (Phi) is 2.68. The van der Waals surface area contributed by atoms with Crippen molar-refractivity contribution >= 4 is 22.5 Å². The summed E-state index contributed by atoms with van der Waals surface area (Å²) in [4.78, 5) is 20.6. The average Bonchev–Trinajstić information content (AvgIpc) is 2.46. The van der Waals surface area contributed by atoms with E-state index in [1.165, 1.54) is 0 Å². The third kappa shape index (κ3) is 2.04. The van der Waals surface area contributed by atoms with Gasteiger partial charge in [-0.1, -0.05) is 24.3 Å². The third-order valence-corrected chi connectivity index (χ3v) is 2.91. The number of nitrogen functional groups attached to an aromatic ring is 1. The molecule has 2 N–H and O–H groups in total. The number of carbonyl (C=O) groups excluding carboxylic acids is 1. The molecular formula is C15H11N3O. The number of rotatable bonds is 2. The molecule has 92 valence electrons. The first-order valence-electron chi connectivity index (χ1n) is 5.87. The highest BCUT2D eigenvalue weighted by Gasteiger charge is 2.14. The lowest BCUT2D eigenvalue weighted by Gasteiger charge is -2.04. The van der Waals surface area contributed by atoms with Gasteiger partial charge in [-0.15, -0.1) is 0 Å². The second-order valence-corrected chi connectivity index (χ2v) is 4.15. The molecule has 0 unspecified atom stereocenters. The fraction of sp³-hybridized carbons (Fsp3) is 0. The van der Waals surface area contributed by atoms with Crippen molar-refractivity contribution in [2.24, 2.45) is 0 Å². The zero-order valence-corrected chi connectivity index (χ0v) is 10.1. The van der Waals surface area contributed by atoms with Crippen molar-refractivity contribution in [3.63, 3.8) is 0 Å². The normalized spacial score (nSPS) is 10.5. The van der Waals surface area contributed by atoms with E-state index < -0.39 is 0 Å². The molecule has 0 amide bonds. The first-order valence-corrected chi connectivity index (χ1v) is 5.87. The molecule has 0 atom stereocenters. The highest BCUT2D eigenvalue weighted by molar-refractivity contribution is 6.11. The number of pyridine rings is 2. The van der Waals surface area contributed by atoms with Gasteiger partial charge in [-0.2, -0.15) is 0 Å². The number of fused-ring (bicyclic) bond motifs is 1. The summed E-state index contributed by atoms with van der Waals surface area (Å²) < 4.78 is 0. The Morgan fingerprint density at radius 2 is 1.84 bits per heavy atom. The molecule has 0 aliphatic rings. The highest BCUT2D eigenvalue weighted by Crippen LogP contribution is 2.16. The first-order chi connectivity index (χ1) is 9.25. The van der Waals surface area contributed by atoms with Gasteiger partial charge in [0.1, 0.15) is 11.5 Å². The average molecular weight is 249 g/mol. The molecule has 4 heteroatoms. The fourth-order valence-corrected chi connectivity index (χ4v) is 1.94. The summed E-state index contributed by atoms with van der Waals surface area (Å²) in [5.74, 6) is 0.0128. The number of aromatic nitrogens is 2. The Bertz CT molecular complexity index is 768. The Balaban J connectivity index is 2.09. The molecule has 1 aromatic carbocycles. The molecule has 0 spiro atoms. The van der Waals surface area contributed by atoms with Crippen LogP contribution in [0.2, 0.25) is 0 Å². The Labute approximate surface area is 109 Å². The summed E-state index contributed by atoms with van der Waals surface area (Å²) in [7, 11) is 0. The van der Waals surface area contributed by atoms with Crippen LogP contribution in [-0.4, -0.2) is 15.8 Å². The number of benzene rings is 1. The van der Waals surface area contributed by atoms with Crippen LogP contribution in [0.5, 0.6) is 0 Å². The molecule has 0 aliphatic carbocycles. The second-order valence-electron chi connectivity index (χ2n) is 4.15. The zero-order chi connectivity index (χ0) is 13.2. The number of hydrogen-bond donors (Lipinski definition) is 1. The van der Waals surface area contributed by atoms with Gasteiger partial charge in [0.2, 0.25) is 5.78 Å². The molecule has 4 nitrogen and oxygen atoms in total. The standard InChI is InChI=1S/C15H11N3O/c16-15-11(5-3-9-17-15)14(19)13-8-7-10-4-1-2-6-12(10)18-13/h1-9H,(H2,16,17). The molecule has 0 saturated carbocycles. The van der Waals surface area contributed by atoms with E-state index in [-0.39, 0.29) is 11.6 Å². The Hall–Kier alpha value is -2.75. The van der Waals surface area contributed by atoms with Crippen LogP contribution in [0.15, 0.2) is 54.7 Å². The summed E-state index contributed by atoms with van der Waals surface area (Å²) in [5, 5.41) is 0.998. The molecule has 0 radical (unpaired) electrons. The highest BCUT2D eigenvalue weighted by atomic mass is 16.1. The largest absolute Gasteiger partial charge is 0.383 e. The Morgan fingerprint density at radius 3 is 2.68 bits per heavy atom. The Morgan fingerprint density at radius 1 is 1.00 bits per heavy atom. The number of nitrogens with two attached hydrogens (primary N) is 1. The van der Waals surface area contributed by atoms with Gasteiger partial charge in [0, 0.05) is 11.6 Å². The number of para-hydroxylation sites is 1. The van der Waals surface area contributed by atoms with Crippen LogP contribution in [0.3, 0.4) is 0 Å².